The summed E-state index contributed by atoms with van der Waals surface area (Å²) in [7, 11) is 0. The Balaban J connectivity index is 0.00000196. The number of rotatable bonds is 5. The maximum absolute atomic E-state index is 10.3. The molecule has 15 heavy (non-hydrogen) atoms. The minimum Gasteiger partial charge on any atom is -0.480 e. The van der Waals surface area contributed by atoms with Crippen molar-refractivity contribution in [3.63, 3.8) is 0 Å². The molecule has 0 heterocycles. The zero-order chi connectivity index (χ0) is 10.4. The molecular formula is C10H11ClKO3. The first-order valence-electron chi connectivity index (χ1n) is 4.18. The molecule has 0 aliphatic heterocycles. The van der Waals surface area contributed by atoms with E-state index >= 15 is 0 Å². The molecule has 0 saturated carbocycles. The molecule has 1 radical (unpaired) electrons. The molecule has 1 aromatic rings. The second-order valence-electron chi connectivity index (χ2n) is 2.81. The van der Waals surface area contributed by atoms with Crippen LogP contribution in [0.1, 0.15) is 5.56 Å². The van der Waals surface area contributed by atoms with Gasteiger partial charge in [0.15, 0.2) is 5.38 Å². The number of benzene rings is 1. The van der Waals surface area contributed by atoms with Gasteiger partial charge in [0, 0.05) is 51.4 Å². The Kier molecular flexibility index (Phi) is 9.03. The number of ether oxygens (including phenoxy) is 1. The number of carboxylic acid groups (broad SMARTS) is 1. The van der Waals surface area contributed by atoms with Gasteiger partial charge in [-0.1, -0.05) is 30.3 Å². The van der Waals surface area contributed by atoms with Gasteiger partial charge in [-0.25, -0.2) is 0 Å². The number of hydrogen-bond acceptors (Lipinski definition) is 2. The molecule has 0 aromatic heterocycles. The minimum absolute atomic E-state index is 0. The first-order chi connectivity index (χ1) is 6.70. The number of hydrogen-bond donors (Lipinski definition) is 1. The zero-order valence-corrected chi connectivity index (χ0v) is 12.4. The fourth-order valence-corrected chi connectivity index (χ4v) is 1.01. The third-order valence-electron chi connectivity index (χ3n) is 1.64. The summed E-state index contributed by atoms with van der Waals surface area (Å²) in [5, 5.41) is 7.49. The Labute approximate surface area is 136 Å². The molecule has 0 bridgehead atoms. The van der Waals surface area contributed by atoms with Gasteiger partial charge >= 0.3 is 5.97 Å². The van der Waals surface area contributed by atoms with Crippen LogP contribution in [0.4, 0.5) is 0 Å². The topological polar surface area (TPSA) is 46.5 Å². The molecule has 0 aliphatic rings. The number of carboxylic acids is 1. The van der Waals surface area contributed by atoms with E-state index in [1.807, 2.05) is 30.3 Å². The van der Waals surface area contributed by atoms with Crippen molar-refractivity contribution in [3.8, 4) is 0 Å². The molecule has 0 spiro atoms. The zero-order valence-electron chi connectivity index (χ0n) is 8.52. The summed E-state index contributed by atoms with van der Waals surface area (Å²) in [5.41, 5.74) is 1.00. The van der Waals surface area contributed by atoms with Crippen molar-refractivity contribution in [2.75, 3.05) is 6.61 Å². The number of aliphatic carboxylic acids is 1. The van der Waals surface area contributed by atoms with Crippen molar-refractivity contribution in [1.29, 1.82) is 0 Å². The normalized spacial score (nSPS) is 11.5. The van der Waals surface area contributed by atoms with Crippen LogP contribution in [0.15, 0.2) is 30.3 Å². The molecule has 0 fully saturated rings. The average Bonchev–Trinajstić information content (AvgIpc) is 2.19. The SMILES string of the molecule is O=C(O)C(Cl)COCc1ccccc1.[K]. The molecule has 1 unspecified atom stereocenters. The molecule has 0 aliphatic carbocycles. The van der Waals surface area contributed by atoms with E-state index < -0.39 is 11.3 Å². The van der Waals surface area contributed by atoms with Gasteiger partial charge in [0.25, 0.3) is 0 Å². The van der Waals surface area contributed by atoms with Gasteiger partial charge in [-0.05, 0) is 5.56 Å². The summed E-state index contributed by atoms with van der Waals surface area (Å²) in [6.07, 6.45) is 0. The van der Waals surface area contributed by atoms with E-state index in [0.717, 1.165) is 5.56 Å². The summed E-state index contributed by atoms with van der Waals surface area (Å²) >= 11 is 5.46. The van der Waals surface area contributed by atoms with Crippen LogP contribution in [-0.4, -0.2) is 74.4 Å². The molecule has 0 amide bonds. The molecule has 77 valence electrons. The van der Waals surface area contributed by atoms with Crippen molar-refractivity contribution in [3.05, 3.63) is 35.9 Å². The van der Waals surface area contributed by atoms with E-state index in [9.17, 15) is 4.79 Å². The van der Waals surface area contributed by atoms with Crippen molar-refractivity contribution in [2.24, 2.45) is 0 Å². The van der Waals surface area contributed by atoms with Crippen LogP contribution < -0.4 is 0 Å². The maximum atomic E-state index is 10.3. The molecule has 5 heteroatoms. The standard InChI is InChI=1S/C10H11ClO3.K/c11-9(10(12)13)7-14-6-8-4-2-1-3-5-8;/h1-5,9H,6-7H2,(H,12,13);. The Morgan fingerprint density at radius 1 is 1.40 bits per heavy atom. The quantitative estimate of drug-likeness (QED) is 0.639. The van der Waals surface area contributed by atoms with Crippen LogP contribution in [0.2, 0.25) is 0 Å². The van der Waals surface area contributed by atoms with Crippen molar-refractivity contribution >= 4 is 69.0 Å². The Morgan fingerprint density at radius 2 is 2.00 bits per heavy atom. The van der Waals surface area contributed by atoms with E-state index in [4.69, 9.17) is 21.4 Å². The molecule has 1 atom stereocenters. The summed E-state index contributed by atoms with van der Waals surface area (Å²) < 4.78 is 5.13. The van der Waals surface area contributed by atoms with Gasteiger partial charge < -0.3 is 9.84 Å². The fraction of sp³-hybridized carbons (Fsp3) is 0.300. The second-order valence-corrected chi connectivity index (χ2v) is 3.33. The van der Waals surface area contributed by atoms with E-state index in [1.165, 1.54) is 0 Å². The van der Waals surface area contributed by atoms with Crippen molar-refractivity contribution < 1.29 is 14.6 Å². The van der Waals surface area contributed by atoms with Crippen LogP contribution in [0, 0.1) is 0 Å². The molecule has 0 saturated heterocycles. The minimum atomic E-state index is -1.06. The van der Waals surface area contributed by atoms with E-state index in [-0.39, 0.29) is 58.0 Å². The molecule has 1 N–H and O–H groups in total. The maximum Gasteiger partial charge on any atom is 0.324 e. The molecule has 1 rings (SSSR count). The van der Waals surface area contributed by atoms with Gasteiger partial charge in [-0.15, -0.1) is 11.6 Å². The second kappa shape index (κ2) is 8.70. The van der Waals surface area contributed by atoms with Gasteiger partial charge in [0.2, 0.25) is 0 Å². The summed E-state index contributed by atoms with van der Waals surface area (Å²) in [6.45, 7) is 0.406. The van der Waals surface area contributed by atoms with E-state index in [0.29, 0.717) is 6.61 Å². The van der Waals surface area contributed by atoms with Crippen LogP contribution in [-0.2, 0) is 16.1 Å². The summed E-state index contributed by atoms with van der Waals surface area (Å²) in [5.74, 6) is -1.06. The van der Waals surface area contributed by atoms with E-state index in [1.54, 1.807) is 0 Å². The fourth-order valence-electron chi connectivity index (χ4n) is 0.926. The number of halogens is 1. The van der Waals surface area contributed by atoms with Crippen LogP contribution in [0.25, 0.3) is 0 Å². The largest absolute Gasteiger partial charge is 0.480 e. The average molecular weight is 254 g/mol. The monoisotopic (exact) mass is 253 g/mol. The Bertz CT molecular complexity index is 292. The first-order valence-corrected chi connectivity index (χ1v) is 4.62. The van der Waals surface area contributed by atoms with Crippen molar-refractivity contribution in [1.82, 2.24) is 0 Å². The summed E-state index contributed by atoms with van der Waals surface area (Å²) in [6, 6.07) is 9.52. The van der Waals surface area contributed by atoms with E-state index in [2.05, 4.69) is 0 Å². The molecule has 1 aromatic carbocycles. The number of carbonyl (C=O) groups is 1. The Morgan fingerprint density at radius 3 is 2.53 bits per heavy atom. The molecule has 3 nitrogen and oxygen atoms in total. The third kappa shape index (κ3) is 6.68. The van der Waals surface area contributed by atoms with Gasteiger partial charge in [-0.2, -0.15) is 0 Å². The van der Waals surface area contributed by atoms with Gasteiger partial charge in [0.1, 0.15) is 0 Å². The number of alkyl halides is 1. The van der Waals surface area contributed by atoms with Crippen LogP contribution >= 0.6 is 11.6 Å². The first kappa shape index (κ1) is 15.6. The Hall–Kier alpha value is 0.576. The molecular weight excluding hydrogens is 243 g/mol. The smallest absolute Gasteiger partial charge is 0.324 e. The van der Waals surface area contributed by atoms with Crippen molar-refractivity contribution in [2.45, 2.75) is 12.0 Å². The third-order valence-corrected chi connectivity index (χ3v) is 1.96. The van der Waals surface area contributed by atoms with Crippen LogP contribution in [0.3, 0.4) is 0 Å². The van der Waals surface area contributed by atoms with Crippen LogP contribution in [0.5, 0.6) is 0 Å². The van der Waals surface area contributed by atoms with Gasteiger partial charge in [-0.3, -0.25) is 4.79 Å². The predicted octanol–water partition coefficient (Wildman–Crippen LogP) is 1.51. The van der Waals surface area contributed by atoms with Gasteiger partial charge in [0.05, 0.1) is 13.2 Å². The summed E-state index contributed by atoms with van der Waals surface area (Å²) in [4.78, 5) is 10.3. The predicted molar refractivity (Wildman–Crippen MR) is 59.1 cm³/mol.